The maximum Gasteiger partial charge on any atom is 0.125 e. The van der Waals surface area contributed by atoms with Gasteiger partial charge in [0.05, 0.1) is 0 Å². The molecule has 1 fully saturated rings. The number of hydrogen-bond donors (Lipinski definition) is 2. The van der Waals surface area contributed by atoms with Gasteiger partial charge in [0.15, 0.2) is 0 Å². The summed E-state index contributed by atoms with van der Waals surface area (Å²) in [7, 11) is 4.10. The van der Waals surface area contributed by atoms with Gasteiger partial charge >= 0.3 is 0 Å². The number of piperidine rings is 1. The Balaban J connectivity index is 1.38. The van der Waals surface area contributed by atoms with Crippen molar-refractivity contribution in [1.82, 2.24) is 15.5 Å². The van der Waals surface area contributed by atoms with Crippen molar-refractivity contribution in [3.05, 3.63) is 102 Å². The fourth-order valence-corrected chi connectivity index (χ4v) is 5.09. The Bertz CT molecular complexity index is 984. The number of nitrogens with zero attached hydrogens (tertiary/aromatic N) is 1. The minimum Gasteiger partial charge on any atom is -0.485 e. The first-order valence-electron chi connectivity index (χ1n) is 12.6. The monoisotopic (exact) mass is 457 g/mol. The Labute approximate surface area is 205 Å². The molecular formula is C30H39N3O. The number of nitrogens with one attached hydrogen (secondary N) is 2. The van der Waals surface area contributed by atoms with Crippen LogP contribution in [0.4, 0.5) is 0 Å². The van der Waals surface area contributed by atoms with Gasteiger partial charge in [-0.25, -0.2) is 0 Å². The highest BCUT2D eigenvalue weighted by atomic mass is 16.5. The summed E-state index contributed by atoms with van der Waals surface area (Å²) in [6.45, 7) is 4.19. The van der Waals surface area contributed by atoms with Crippen LogP contribution in [0.5, 0.6) is 5.75 Å². The largest absolute Gasteiger partial charge is 0.485 e. The van der Waals surface area contributed by atoms with Gasteiger partial charge in [-0.2, -0.15) is 0 Å². The molecule has 0 aromatic heterocycles. The smallest absolute Gasteiger partial charge is 0.125 e. The van der Waals surface area contributed by atoms with Gasteiger partial charge in [-0.3, -0.25) is 0 Å². The van der Waals surface area contributed by atoms with Gasteiger partial charge in [-0.1, -0.05) is 78.9 Å². The zero-order valence-corrected chi connectivity index (χ0v) is 20.7. The lowest BCUT2D eigenvalue weighted by molar-refractivity contribution is 0.140. The van der Waals surface area contributed by atoms with E-state index < -0.39 is 0 Å². The highest BCUT2D eigenvalue weighted by Gasteiger charge is 2.34. The van der Waals surface area contributed by atoms with Crippen LogP contribution in [0, 0.1) is 0 Å². The summed E-state index contributed by atoms with van der Waals surface area (Å²) < 4.78 is 6.61. The SMILES string of the molecule is CNCCC(Oc1ccccc1CCN1CCC(NC)(c2ccccc2)CC1)c1ccccc1. The Hall–Kier alpha value is -2.66. The summed E-state index contributed by atoms with van der Waals surface area (Å²) in [6, 6.07) is 30.1. The maximum atomic E-state index is 6.61. The molecule has 1 aliphatic heterocycles. The standard InChI is InChI=1S/C30H39N3O/c1-31-21-17-29(25-11-5-3-6-12-25)34-28-16-10-9-13-26(28)18-22-33-23-19-30(32-2,20-24-33)27-14-7-4-8-15-27/h3-16,29,31-32H,17-24H2,1-2H3. The molecule has 34 heavy (non-hydrogen) atoms. The van der Waals surface area contributed by atoms with E-state index in [2.05, 4.69) is 108 Å². The van der Waals surface area contributed by atoms with Crippen LogP contribution in [0.25, 0.3) is 0 Å². The highest BCUT2D eigenvalue weighted by molar-refractivity contribution is 5.35. The molecule has 1 atom stereocenters. The molecule has 0 aliphatic carbocycles. The third kappa shape index (κ3) is 6.06. The van der Waals surface area contributed by atoms with Gasteiger partial charge in [0, 0.05) is 31.6 Å². The molecule has 4 nitrogen and oxygen atoms in total. The third-order valence-electron chi connectivity index (χ3n) is 7.28. The van der Waals surface area contributed by atoms with Gasteiger partial charge in [-0.15, -0.1) is 0 Å². The second-order valence-electron chi connectivity index (χ2n) is 9.31. The molecule has 3 aromatic carbocycles. The highest BCUT2D eigenvalue weighted by Crippen LogP contribution is 2.33. The minimum atomic E-state index is 0.0481. The molecule has 0 amide bonds. The Morgan fingerprint density at radius 1 is 0.853 bits per heavy atom. The van der Waals surface area contributed by atoms with Crippen molar-refractivity contribution in [1.29, 1.82) is 0 Å². The average molecular weight is 458 g/mol. The lowest BCUT2D eigenvalue weighted by Crippen LogP contribution is -2.50. The molecule has 1 aliphatic rings. The van der Waals surface area contributed by atoms with Gasteiger partial charge in [0.1, 0.15) is 11.9 Å². The molecule has 4 rings (SSSR count). The average Bonchev–Trinajstić information content (AvgIpc) is 2.91. The van der Waals surface area contributed by atoms with E-state index in [1.54, 1.807) is 0 Å². The Morgan fingerprint density at radius 3 is 2.18 bits per heavy atom. The lowest BCUT2D eigenvalue weighted by Gasteiger charge is -2.42. The number of para-hydroxylation sites is 1. The fraction of sp³-hybridized carbons (Fsp3) is 0.400. The molecule has 1 unspecified atom stereocenters. The number of rotatable bonds is 11. The van der Waals surface area contributed by atoms with Crippen LogP contribution >= 0.6 is 0 Å². The van der Waals surface area contributed by atoms with Crippen molar-refractivity contribution in [2.75, 3.05) is 40.3 Å². The summed E-state index contributed by atoms with van der Waals surface area (Å²) in [4.78, 5) is 2.60. The van der Waals surface area contributed by atoms with Crippen molar-refractivity contribution >= 4 is 0 Å². The van der Waals surface area contributed by atoms with Crippen molar-refractivity contribution < 1.29 is 4.74 Å². The van der Waals surface area contributed by atoms with Crippen molar-refractivity contribution in [2.45, 2.75) is 37.3 Å². The molecule has 0 bridgehead atoms. The van der Waals surface area contributed by atoms with E-state index in [0.29, 0.717) is 0 Å². The molecule has 2 N–H and O–H groups in total. The normalized spacial score (nSPS) is 16.8. The second-order valence-corrected chi connectivity index (χ2v) is 9.31. The summed E-state index contributed by atoms with van der Waals surface area (Å²) in [5, 5.41) is 6.91. The van der Waals surface area contributed by atoms with Crippen LogP contribution in [0.1, 0.15) is 42.1 Å². The second kappa shape index (κ2) is 12.2. The van der Waals surface area contributed by atoms with Crippen molar-refractivity contribution in [3.63, 3.8) is 0 Å². The van der Waals surface area contributed by atoms with Crippen LogP contribution in [0.15, 0.2) is 84.9 Å². The van der Waals surface area contributed by atoms with E-state index in [1.807, 2.05) is 7.05 Å². The Kier molecular flexibility index (Phi) is 8.75. The van der Waals surface area contributed by atoms with E-state index in [0.717, 1.165) is 57.6 Å². The van der Waals surface area contributed by atoms with Crippen LogP contribution in [0.3, 0.4) is 0 Å². The molecule has 0 spiro atoms. The summed E-state index contributed by atoms with van der Waals surface area (Å²) in [6.07, 6.45) is 4.25. The summed E-state index contributed by atoms with van der Waals surface area (Å²) in [5.41, 5.74) is 4.02. The zero-order valence-electron chi connectivity index (χ0n) is 20.7. The quantitative estimate of drug-likeness (QED) is 0.417. The molecule has 1 saturated heterocycles. The third-order valence-corrected chi connectivity index (χ3v) is 7.28. The lowest BCUT2D eigenvalue weighted by atomic mass is 9.81. The fourth-order valence-electron chi connectivity index (χ4n) is 5.09. The molecule has 1 heterocycles. The predicted octanol–water partition coefficient (Wildman–Crippen LogP) is 5.17. The van der Waals surface area contributed by atoms with Crippen molar-refractivity contribution in [3.8, 4) is 5.75 Å². The molecule has 3 aromatic rings. The van der Waals surface area contributed by atoms with E-state index in [9.17, 15) is 0 Å². The minimum absolute atomic E-state index is 0.0481. The zero-order chi connectivity index (χ0) is 23.6. The summed E-state index contributed by atoms with van der Waals surface area (Å²) in [5.74, 6) is 1.01. The van der Waals surface area contributed by atoms with E-state index in [-0.39, 0.29) is 11.6 Å². The van der Waals surface area contributed by atoms with Crippen LogP contribution in [-0.4, -0.2) is 45.2 Å². The maximum absolute atomic E-state index is 6.61. The summed E-state index contributed by atoms with van der Waals surface area (Å²) >= 11 is 0. The van der Waals surface area contributed by atoms with Crippen LogP contribution in [0.2, 0.25) is 0 Å². The molecule has 4 heteroatoms. The van der Waals surface area contributed by atoms with Crippen molar-refractivity contribution in [2.24, 2.45) is 0 Å². The molecule has 0 radical (unpaired) electrons. The van der Waals surface area contributed by atoms with E-state index >= 15 is 0 Å². The van der Waals surface area contributed by atoms with Crippen LogP contribution in [-0.2, 0) is 12.0 Å². The molecule has 180 valence electrons. The molecule has 0 saturated carbocycles. The number of likely N-dealkylation sites (tertiary alicyclic amines) is 1. The first-order valence-corrected chi connectivity index (χ1v) is 12.6. The van der Waals surface area contributed by atoms with E-state index in [4.69, 9.17) is 4.74 Å². The van der Waals surface area contributed by atoms with Gasteiger partial charge in [0.2, 0.25) is 0 Å². The predicted molar refractivity (Wildman–Crippen MR) is 141 cm³/mol. The molecular weight excluding hydrogens is 418 g/mol. The number of benzene rings is 3. The Morgan fingerprint density at radius 2 is 1.50 bits per heavy atom. The number of hydrogen-bond acceptors (Lipinski definition) is 4. The topological polar surface area (TPSA) is 36.5 Å². The van der Waals surface area contributed by atoms with Gasteiger partial charge < -0.3 is 20.3 Å². The van der Waals surface area contributed by atoms with E-state index in [1.165, 1.54) is 16.7 Å². The van der Waals surface area contributed by atoms with Crippen LogP contribution < -0.4 is 15.4 Å². The van der Waals surface area contributed by atoms with Gasteiger partial charge in [-0.05, 0) is 62.7 Å². The first-order chi connectivity index (χ1) is 16.7. The number of ether oxygens (including phenoxy) is 1. The van der Waals surface area contributed by atoms with Gasteiger partial charge in [0.25, 0.3) is 0 Å². The first kappa shape index (κ1) is 24.5.